The largest absolute Gasteiger partial charge is 0.179 e. The Bertz CT molecular complexity index is 303. The fourth-order valence-electron chi connectivity index (χ4n) is 1.16. The summed E-state index contributed by atoms with van der Waals surface area (Å²) in [5.74, 6) is 2.07. The predicted molar refractivity (Wildman–Crippen MR) is 74.9 cm³/mol. The van der Waals surface area contributed by atoms with Gasteiger partial charge in [0.1, 0.15) is 0 Å². The lowest BCUT2D eigenvalue weighted by molar-refractivity contribution is 0.787. The highest BCUT2D eigenvalue weighted by Gasteiger charge is 2.01. The predicted octanol–water partition coefficient (Wildman–Crippen LogP) is 5.19. The lowest BCUT2D eigenvalue weighted by Crippen LogP contribution is -1.83. The molecular formula is C11H14Cl2S2. The van der Waals surface area contributed by atoms with E-state index >= 15 is 0 Å². The first kappa shape index (κ1) is 13.6. The topological polar surface area (TPSA) is 0 Å². The molecule has 84 valence electrons. The standard InChI is InChI=1S/C11H14Cl2S2/c12-9-4-5-10(13)11(8-9)15-7-3-1-2-6-14/h4-5,8,14H,1-3,6-7H2. The average Bonchev–Trinajstić information content (AvgIpc) is 2.23. The van der Waals surface area contributed by atoms with E-state index in [-0.39, 0.29) is 0 Å². The molecule has 0 aliphatic heterocycles. The molecular weight excluding hydrogens is 267 g/mol. The molecule has 0 nitrogen and oxygen atoms in total. The third-order valence-corrected chi connectivity index (χ3v) is 4.09. The van der Waals surface area contributed by atoms with E-state index in [0.29, 0.717) is 0 Å². The number of hydrogen-bond acceptors (Lipinski definition) is 2. The second-order valence-corrected chi connectivity index (χ2v) is 5.64. The number of unbranched alkanes of at least 4 members (excludes halogenated alkanes) is 2. The highest BCUT2D eigenvalue weighted by Crippen LogP contribution is 2.30. The van der Waals surface area contributed by atoms with Crippen LogP contribution in [-0.2, 0) is 0 Å². The summed E-state index contributed by atoms with van der Waals surface area (Å²) in [6.07, 6.45) is 3.62. The maximum atomic E-state index is 6.04. The van der Waals surface area contributed by atoms with Gasteiger partial charge in [0.05, 0.1) is 5.02 Å². The van der Waals surface area contributed by atoms with E-state index in [9.17, 15) is 0 Å². The molecule has 0 radical (unpaired) electrons. The maximum absolute atomic E-state index is 6.04. The molecule has 0 atom stereocenters. The van der Waals surface area contributed by atoms with Gasteiger partial charge in [0.15, 0.2) is 0 Å². The van der Waals surface area contributed by atoms with Gasteiger partial charge in [-0.05, 0) is 42.5 Å². The van der Waals surface area contributed by atoms with Gasteiger partial charge in [-0.15, -0.1) is 11.8 Å². The van der Waals surface area contributed by atoms with Crippen molar-refractivity contribution in [3.63, 3.8) is 0 Å². The van der Waals surface area contributed by atoms with E-state index in [2.05, 4.69) is 12.6 Å². The molecule has 0 bridgehead atoms. The van der Waals surface area contributed by atoms with Gasteiger partial charge in [-0.1, -0.05) is 29.6 Å². The monoisotopic (exact) mass is 280 g/mol. The van der Waals surface area contributed by atoms with Crippen LogP contribution in [0.15, 0.2) is 23.1 Å². The molecule has 0 aliphatic rings. The van der Waals surface area contributed by atoms with Crippen molar-refractivity contribution in [3.05, 3.63) is 28.2 Å². The molecule has 4 heteroatoms. The molecule has 0 fully saturated rings. The molecule has 0 aliphatic carbocycles. The zero-order valence-electron chi connectivity index (χ0n) is 8.38. The van der Waals surface area contributed by atoms with E-state index in [0.717, 1.165) is 26.4 Å². The molecule has 0 saturated heterocycles. The lowest BCUT2D eigenvalue weighted by Gasteiger charge is -2.04. The molecule has 1 aromatic carbocycles. The van der Waals surface area contributed by atoms with Crippen LogP contribution in [0.3, 0.4) is 0 Å². The third-order valence-electron chi connectivity index (χ3n) is 1.95. The zero-order chi connectivity index (χ0) is 11.1. The van der Waals surface area contributed by atoms with Gasteiger partial charge in [0, 0.05) is 9.92 Å². The molecule has 1 rings (SSSR count). The first-order valence-corrected chi connectivity index (χ1v) is 7.30. The van der Waals surface area contributed by atoms with Crippen LogP contribution in [0.25, 0.3) is 0 Å². The van der Waals surface area contributed by atoms with Gasteiger partial charge < -0.3 is 0 Å². The van der Waals surface area contributed by atoms with E-state index in [1.165, 1.54) is 19.3 Å². The Morgan fingerprint density at radius 2 is 1.93 bits per heavy atom. The lowest BCUT2D eigenvalue weighted by atomic mass is 10.3. The SMILES string of the molecule is SCCCCCSc1cc(Cl)ccc1Cl. The van der Waals surface area contributed by atoms with Crippen LogP contribution in [0.1, 0.15) is 19.3 Å². The summed E-state index contributed by atoms with van der Waals surface area (Å²) in [6.45, 7) is 0. The minimum Gasteiger partial charge on any atom is -0.179 e. The van der Waals surface area contributed by atoms with E-state index in [4.69, 9.17) is 23.2 Å². The second kappa shape index (κ2) is 7.72. The van der Waals surface area contributed by atoms with Crippen LogP contribution >= 0.6 is 47.6 Å². The van der Waals surface area contributed by atoms with Gasteiger partial charge in [-0.3, -0.25) is 0 Å². The fraction of sp³-hybridized carbons (Fsp3) is 0.455. The van der Waals surface area contributed by atoms with Gasteiger partial charge in [-0.25, -0.2) is 0 Å². The molecule has 15 heavy (non-hydrogen) atoms. The number of hydrogen-bond donors (Lipinski definition) is 1. The minimum absolute atomic E-state index is 0.747. The minimum atomic E-state index is 0.747. The molecule has 1 aromatic rings. The number of benzene rings is 1. The van der Waals surface area contributed by atoms with Crippen LogP contribution in [0.5, 0.6) is 0 Å². The second-order valence-electron chi connectivity index (χ2n) is 3.21. The molecule has 0 N–H and O–H groups in total. The Morgan fingerprint density at radius 3 is 2.67 bits per heavy atom. The van der Waals surface area contributed by atoms with Crippen LogP contribution in [0.4, 0.5) is 0 Å². The van der Waals surface area contributed by atoms with E-state index in [1.54, 1.807) is 11.8 Å². The van der Waals surface area contributed by atoms with Crippen molar-refractivity contribution >= 4 is 47.6 Å². The first-order valence-electron chi connectivity index (χ1n) is 4.93. The Hall–Kier alpha value is 0.500. The van der Waals surface area contributed by atoms with E-state index in [1.807, 2.05) is 18.2 Å². The number of rotatable bonds is 6. The average molecular weight is 281 g/mol. The number of thioether (sulfide) groups is 1. The van der Waals surface area contributed by atoms with Crippen molar-refractivity contribution in [3.8, 4) is 0 Å². The first-order chi connectivity index (χ1) is 7.24. The summed E-state index contributed by atoms with van der Waals surface area (Å²) >= 11 is 17.9. The molecule has 0 heterocycles. The summed E-state index contributed by atoms with van der Waals surface area (Å²) in [4.78, 5) is 1.08. The maximum Gasteiger partial charge on any atom is 0.0542 e. The molecule has 0 amide bonds. The normalized spacial score (nSPS) is 10.6. The molecule has 0 spiro atoms. The summed E-state index contributed by atoms with van der Waals surface area (Å²) in [5.41, 5.74) is 0. The summed E-state index contributed by atoms with van der Waals surface area (Å²) in [7, 11) is 0. The molecule has 0 saturated carbocycles. The Morgan fingerprint density at radius 1 is 1.13 bits per heavy atom. The third kappa shape index (κ3) is 5.39. The van der Waals surface area contributed by atoms with Gasteiger partial charge in [-0.2, -0.15) is 12.6 Å². The van der Waals surface area contributed by atoms with Crippen LogP contribution in [0.2, 0.25) is 10.0 Å². The van der Waals surface area contributed by atoms with Gasteiger partial charge in [0.25, 0.3) is 0 Å². The van der Waals surface area contributed by atoms with Crippen LogP contribution < -0.4 is 0 Å². The van der Waals surface area contributed by atoms with Crippen LogP contribution in [0, 0.1) is 0 Å². The number of thiol groups is 1. The highest BCUT2D eigenvalue weighted by atomic mass is 35.5. The summed E-state index contributed by atoms with van der Waals surface area (Å²) in [6, 6.07) is 5.59. The van der Waals surface area contributed by atoms with Crippen molar-refractivity contribution in [2.24, 2.45) is 0 Å². The van der Waals surface area contributed by atoms with Crippen molar-refractivity contribution < 1.29 is 0 Å². The van der Waals surface area contributed by atoms with Gasteiger partial charge in [0.2, 0.25) is 0 Å². The summed E-state index contributed by atoms with van der Waals surface area (Å²) in [5, 5.41) is 1.54. The van der Waals surface area contributed by atoms with Crippen molar-refractivity contribution in [2.75, 3.05) is 11.5 Å². The van der Waals surface area contributed by atoms with Gasteiger partial charge >= 0.3 is 0 Å². The Kier molecular flexibility index (Phi) is 6.98. The Labute approximate surface area is 111 Å². The molecule has 0 aromatic heterocycles. The van der Waals surface area contributed by atoms with Crippen molar-refractivity contribution in [2.45, 2.75) is 24.2 Å². The van der Waals surface area contributed by atoms with E-state index < -0.39 is 0 Å². The smallest absolute Gasteiger partial charge is 0.0542 e. The van der Waals surface area contributed by atoms with Crippen molar-refractivity contribution in [1.29, 1.82) is 0 Å². The quantitative estimate of drug-likeness (QED) is 0.425. The zero-order valence-corrected chi connectivity index (χ0v) is 11.6. The highest BCUT2D eigenvalue weighted by molar-refractivity contribution is 7.99. The van der Waals surface area contributed by atoms with Crippen LogP contribution in [-0.4, -0.2) is 11.5 Å². The number of halogens is 2. The Balaban J connectivity index is 2.33. The van der Waals surface area contributed by atoms with Crippen molar-refractivity contribution in [1.82, 2.24) is 0 Å². The molecule has 0 unspecified atom stereocenters. The summed E-state index contributed by atoms with van der Waals surface area (Å²) < 4.78 is 0. The fourth-order valence-corrected chi connectivity index (χ4v) is 2.89.